The highest BCUT2D eigenvalue weighted by Crippen LogP contribution is 2.36. The van der Waals surface area contributed by atoms with E-state index in [4.69, 9.17) is 4.74 Å². The summed E-state index contributed by atoms with van der Waals surface area (Å²) in [7, 11) is 0. The lowest BCUT2D eigenvalue weighted by Crippen LogP contribution is -2.40. The van der Waals surface area contributed by atoms with E-state index in [0.29, 0.717) is 12.3 Å². The van der Waals surface area contributed by atoms with Crippen molar-refractivity contribution < 1.29 is 9.53 Å². The van der Waals surface area contributed by atoms with E-state index in [2.05, 4.69) is 17.2 Å². The van der Waals surface area contributed by atoms with Gasteiger partial charge in [-0.15, -0.1) is 5.10 Å². The second-order valence-electron chi connectivity index (χ2n) is 4.81. The van der Waals surface area contributed by atoms with Gasteiger partial charge in [0.2, 0.25) is 5.78 Å². The summed E-state index contributed by atoms with van der Waals surface area (Å²) >= 11 is 0. The molecule has 1 heterocycles. The van der Waals surface area contributed by atoms with Crippen LogP contribution in [0.25, 0.3) is 0 Å². The first-order valence-electron chi connectivity index (χ1n) is 6.80. The minimum atomic E-state index is -0.623. The molecule has 1 saturated carbocycles. The summed E-state index contributed by atoms with van der Waals surface area (Å²) in [5, 5.41) is 7.84. The van der Waals surface area contributed by atoms with Crippen LogP contribution < -0.4 is 0 Å². The van der Waals surface area contributed by atoms with Gasteiger partial charge in [-0.3, -0.25) is 4.79 Å². The Hall–Kier alpha value is -1.23. The molecule has 0 atom stereocenters. The smallest absolute Gasteiger partial charge is 0.214 e. The number of Topliss-reactive ketones (excluding diaryl/α,β-unsaturated/α-hetero) is 1. The van der Waals surface area contributed by atoms with Crippen molar-refractivity contribution in [3.05, 3.63) is 11.9 Å². The number of ketones is 1. The van der Waals surface area contributed by atoms with Gasteiger partial charge in [0.15, 0.2) is 0 Å². The molecule has 1 aliphatic rings. The molecule has 0 aromatic carbocycles. The predicted octanol–water partition coefficient (Wildman–Crippen LogP) is 2.22. The van der Waals surface area contributed by atoms with E-state index in [9.17, 15) is 4.79 Å². The number of hydrogen-bond donors (Lipinski definition) is 0. The number of carbonyl (C=O) groups is 1. The molecule has 0 aliphatic heterocycles. The fourth-order valence-corrected chi connectivity index (χ4v) is 2.70. The standard InChI is InChI=1S/C13H21N3O2/c1-3-9-16-11(10-14-15-16)12(17)13(18-4-2)7-5-6-8-13/h10H,3-9H2,1-2H3. The van der Waals surface area contributed by atoms with Crippen LogP contribution in [0.3, 0.4) is 0 Å². The normalized spacial score (nSPS) is 18.1. The van der Waals surface area contributed by atoms with Gasteiger partial charge in [0.05, 0.1) is 6.20 Å². The molecule has 5 heteroatoms. The molecular formula is C13H21N3O2. The van der Waals surface area contributed by atoms with Gasteiger partial charge in [-0.25, -0.2) is 4.68 Å². The quantitative estimate of drug-likeness (QED) is 0.727. The summed E-state index contributed by atoms with van der Waals surface area (Å²) in [5.74, 6) is 0.0558. The molecule has 1 aliphatic carbocycles. The van der Waals surface area contributed by atoms with Crippen molar-refractivity contribution in [3.8, 4) is 0 Å². The summed E-state index contributed by atoms with van der Waals surface area (Å²) < 4.78 is 7.49. The van der Waals surface area contributed by atoms with Crippen molar-refractivity contribution in [2.75, 3.05) is 6.61 Å². The SMILES string of the molecule is CCCn1nncc1C(=O)C1(OCC)CCCC1. The van der Waals surface area contributed by atoms with Crippen molar-refractivity contribution in [3.63, 3.8) is 0 Å². The molecule has 0 N–H and O–H groups in total. The Kier molecular flexibility index (Phi) is 4.11. The molecule has 0 unspecified atom stereocenters. The molecule has 0 saturated heterocycles. The molecule has 1 aromatic heterocycles. The highest BCUT2D eigenvalue weighted by molar-refractivity contribution is 6.01. The summed E-state index contributed by atoms with van der Waals surface area (Å²) in [6, 6.07) is 0. The van der Waals surface area contributed by atoms with E-state index in [0.717, 1.165) is 38.6 Å². The van der Waals surface area contributed by atoms with Gasteiger partial charge >= 0.3 is 0 Å². The highest BCUT2D eigenvalue weighted by atomic mass is 16.5. The second-order valence-corrected chi connectivity index (χ2v) is 4.81. The van der Waals surface area contributed by atoms with Crippen LogP contribution in [0.4, 0.5) is 0 Å². The van der Waals surface area contributed by atoms with Crippen LogP contribution in [0.1, 0.15) is 56.4 Å². The summed E-state index contributed by atoms with van der Waals surface area (Å²) in [6.07, 6.45) is 6.25. The van der Waals surface area contributed by atoms with Crippen LogP contribution in [0.2, 0.25) is 0 Å². The molecule has 0 spiro atoms. The number of aromatic nitrogens is 3. The third-order valence-corrected chi connectivity index (χ3v) is 3.53. The minimum absolute atomic E-state index is 0.0558. The van der Waals surface area contributed by atoms with Crippen molar-refractivity contribution in [2.45, 2.75) is 58.1 Å². The van der Waals surface area contributed by atoms with Gasteiger partial charge in [-0.05, 0) is 39.0 Å². The minimum Gasteiger partial charge on any atom is -0.367 e. The Balaban J connectivity index is 2.25. The number of nitrogens with zero attached hydrogens (tertiary/aromatic N) is 3. The summed E-state index contributed by atoms with van der Waals surface area (Å²) in [5.41, 5.74) is -0.0331. The van der Waals surface area contributed by atoms with Crippen molar-refractivity contribution >= 4 is 5.78 Å². The van der Waals surface area contributed by atoms with E-state index in [1.165, 1.54) is 0 Å². The largest absolute Gasteiger partial charge is 0.367 e. The Morgan fingerprint density at radius 3 is 2.78 bits per heavy atom. The van der Waals surface area contributed by atoms with Gasteiger partial charge in [0, 0.05) is 13.2 Å². The zero-order valence-electron chi connectivity index (χ0n) is 11.2. The molecule has 0 amide bonds. The predicted molar refractivity (Wildman–Crippen MR) is 67.5 cm³/mol. The average molecular weight is 251 g/mol. The van der Waals surface area contributed by atoms with Crippen LogP contribution in [-0.2, 0) is 11.3 Å². The fraction of sp³-hybridized carbons (Fsp3) is 0.769. The first-order valence-corrected chi connectivity index (χ1v) is 6.80. The molecule has 2 rings (SSSR count). The van der Waals surface area contributed by atoms with Gasteiger partial charge in [0.1, 0.15) is 11.3 Å². The first kappa shape index (κ1) is 13.2. The zero-order chi connectivity index (χ0) is 13.0. The first-order chi connectivity index (χ1) is 8.73. The van der Waals surface area contributed by atoms with Crippen LogP contribution in [0.5, 0.6) is 0 Å². The Labute approximate surface area is 108 Å². The van der Waals surface area contributed by atoms with Gasteiger partial charge in [-0.1, -0.05) is 12.1 Å². The lowest BCUT2D eigenvalue weighted by atomic mass is 9.94. The maximum Gasteiger partial charge on any atom is 0.214 e. The summed E-state index contributed by atoms with van der Waals surface area (Å²) in [4.78, 5) is 12.7. The van der Waals surface area contributed by atoms with E-state index in [1.807, 2.05) is 6.92 Å². The van der Waals surface area contributed by atoms with E-state index in [-0.39, 0.29) is 5.78 Å². The Morgan fingerprint density at radius 2 is 2.17 bits per heavy atom. The molecule has 5 nitrogen and oxygen atoms in total. The zero-order valence-corrected chi connectivity index (χ0v) is 11.2. The second kappa shape index (κ2) is 5.61. The Morgan fingerprint density at radius 1 is 1.44 bits per heavy atom. The van der Waals surface area contributed by atoms with Crippen molar-refractivity contribution in [2.24, 2.45) is 0 Å². The number of aryl methyl sites for hydroxylation is 1. The number of hydrogen-bond acceptors (Lipinski definition) is 4. The van der Waals surface area contributed by atoms with Crippen molar-refractivity contribution in [1.29, 1.82) is 0 Å². The van der Waals surface area contributed by atoms with Crippen LogP contribution in [0, 0.1) is 0 Å². The number of rotatable bonds is 6. The average Bonchev–Trinajstić information content (AvgIpc) is 2.99. The monoisotopic (exact) mass is 251 g/mol. The maximum absolute atomic E-state index is 12.7. The third-order valence-electron chi connectivity index (χ3n) is 3.53. The van der Waals surface area contributed by atoms with Crippen LogP contribution in [0.15, 0.2) is 6.20 Å². The van der Waals surface area contributed by atoms with Crippen molar-refractivity contribution in [1.82, 2.24) is 15.0 Å². The maximum atomic E-state index is 12.7. The summed E-state index contributed by atoms with van der Waals surface area (Å²) in [6.45, 7) is 5.29. The van der Waals surface area contributed by atoms with E-state index < -0.39 is 5.60 Å². The van der Waals surface area contributed by atoms with E-state index in [1.54, 1.807) is 10.9 Å². The Bertz CT molecular complexity index is 408. The van der Waals surface area contributed by atoms with Gasteiger partial charge in [-0.2, -0.15) is 0 Å². The lowest BCUT2D eigenvalue weighted by molar-refractivity contribution is -0.0171. The van der Waals surface area contributed by atoms with E-state index >= 15 is 0 Å². The third kappa shape index (κ3) is 2.32. The van der Waals surface area contributed by atoms with Crippen LogP contribution in [-0.4, -0.2) is 33.0 Å². The fourth-order valence-electron chi connectivity index (χ4n) is 2.70. The van der Waals surface area contributed by atoms with Gasteiger partial charge in [0.25, 0.3) is 0 Å². The molecule has 1 aromatic rings. The molecule has 100 valence electrons. The van der Waals surface area contributed by atoms with Gasteiger partial charge < -0.3 is 4.74 Å². The molecule has 0 radical (unpaired) electrons. The topological polar surface area (TPSA) is 57.0 Å². The van der Waals surface area contributed by atoms with Crippen LogP contribution >= 0.6 is 0 Å². The molecular weight excluding hydrogens is 230 g/mol. The molecule has 1 fully saturated rings. The number of ether oxygens (including phenoxy) is 1. The highest BCUT2D eigenvalue weighted by Gasteiger charge is 2.43. The lowest BCUT2D eigenvalue weighted by Gasteiger charge is -2.27. The molecule has 0 bridgehead atoms. The number of carbonyl (C=O) groups excluding carboxylic acids is 1. The molecule has 18 heavy (non-hydrogen) atoms.